The predicted octanol–water partition coefficient (Wildman–Crippen LogP) is 22.9. The molecule has 3 heterocycles. The summed E-state index contributed by atoms with van der Waals surface area (Å²) in [6.07, 6.45) is 12.7. The first kappa shape index (κ1) is 47.7. The van der Waals surface area contributed by atoms with Gasteiger partial charge in [-0.05, 0) is 102 Å². The highest BCUT2D eigenvalue weighted by Crippen LogP contribution is 2.56. The van der Waals surface area contributed by atoms with Gasteiger partial charge in [-0.25, -0.2) is 0 Å². The molecule has 81 heavy (non-hydrogen) atoms. The minimum atomic E-state index is 0.558. The Bertz CT molecular complexity index is 4650. The molecule has 0 spiro atoms. The number of benzene rings is 11. The fourth-order valence-electron chi connectivity index (χ4n) is 14.1. The maximum absolute atomic E-state index is 7.52. The second kappa shape index (κ2) is 19.8. The van der Waals surface area contributed by atoms with Crippen molar-refractivity contribution in [3.05, 3.63) is 242 Å². The Hall–Kier alpha value is -9.32. The van der Waals surface area contributed by atoms with Crippen LogP contribution in [0.4, 0.5) is 34.1 Å². The van der Waals surface area contributed by atoms with Crippen LogP contribution in [0.25, 0.3) is 98.8 Å². The van der Waals surface area contributed by atoms with Crippen molar-refractivity contribution < 1.29 is 13.3 Å². The van der Waals surface area contributed by atoms with E-state index in [0.29, 0.717) is 11.8 Å². The van der Waals surface area contributed by atoms with Crippen LogP contribution in [0.3, 0.4) is 0 Å². The Morgan fingerprint density at radius 2 is 0.679 bits per heavy atom. The minimum absolute atomic E-state index is 0.558. The molecule has 14 aromatic rings. The summed E-state index contributed by atoms with van der Waals surface area (Å²) in [6, 6.07) is 84.0. The number of fused-ring (bicyclic) bond motifs is 10. The molecule has 11 aromatic carbocycles. The highest BCUT2D eigenvalue weighted by molar-refractivity contribution is 6.29. The van der Waals surface area contributed by atoms with Crippen molar-refractivity contribution in [1.82, 2.24) is 0 Å². The molecule has 5 nitrogen and oxygen atoms in total. The largest absolute Gasteiger partial charge is 0.454 e. The molecule has 0 unspecified atom stereocenters. The van der Waals surface area contributed by atoms with Crippen LogP contribution in [-0.4, -0.2) is 0 Å². The fourth-order valence-corrected chi connectivity index (χ4v) is 14.1. The summed E-state index contributed by atoms with van der Waals surface area (Å²) >= 11 is 0. The Balaban J connectivity index is 0.996. The SMILES string of the molecule is c1ccc(-c2cccc3c2oc2c(N(c4ccc(C5CCCCC5)cc4)c4c5ccccc5c(N(c5ccc(C6CCCCC6)cc5)c5cccc6c5oc5c(-c7ccccc7)cccc56)c5c4oc4ccccc45)cccc23)cc1. The van der Waals surface area contributed by atoms with Crippen molar-refractivity contribution in [2.45, 2.75) is 76.0 Å². The smallest absolute Gasteiger partial charge is 0.162 e. The molecule has 0 bridgehead atoms. The molecule has 2 fully saturated rings. The maximum Gasteiger partial charge on any atom is 0.162 e. The monoisotopic (exact) mass is 1050 g/mol. The molecule has 0 aliphatic heterocycles. The van der Waals surface area contributed by atoms with Gasteiger partial charge >= 0.3 is 0 Å². The molecule has 2 aliphatic carbocycles. The molecule has 0 amide bonds. The van der Waals surface area contributed by atoms with E-state index in [4.69, 9.17) is 13.3 Å². The second-order valence-electron chi connectivity index (χ2n) is 22.7. The van der Waals surface area contributed by atoms with Gasteiger partial charge in [0.15, 0.2) is 16.7 Å². The van der Waals surface area contributed by atoms with E-state index in [-0.39, 0.29) is 0 Å². The zero-order valence-electron chi connectivity index (χ0n) is 45.3. The van der Waals surface area contributed by atoms with Gasteiger partial charge in [0.2, 0.25) is 0 Å². The number of anilines is 6. The summed E-state index contributed by atoms with van der Waals surface area (Å²) in [5, 5.41) is 8.45. The molecule has 3 aromatic heterocycles. The molecule has 5 heteroatoms. The molecule has 0 saturated heterocycles. The summed E-state index contributed by atoms with van der Waals surface area (Å²) in [7, 11) is 0. The van der Waals surface area contributed by atoms with Crippen molar-refractivity contribution in [3.63, 3.8) is 0 Å². The van der Waals surface area contributed by atoms with Crippen molar-refractivity contribution in [3.8, 4) is 22.3 Å². The van der Waals surface area contributed by atoms with Crippen LogP contribution in [0, 0.1) is 0 Å². The first-order valence-corrected chi connectivity index (χ1v) is 29.4. The molecule has 392 valence electrons. The zero-order chi connectivity index (χ0) is 53.4. The molecule has 0 atom stereocenters. The molecule has 2 saturated carbocycles. The lowest BCUT2D eigenvalue weighted by atomic mass is 9.84. The van der Waals surface area contributed by atoms with Gasteiger partial charge in [-0.1, -0.05) is 227 Å². The Morgan fingerprint density at radius 3 is 1.17 bits per heavy atom. The molecule has 16 rings (SSSR count). The number of hydrogen-bond acceptors (Lipinski definition) is 5. The van der Waals surface area contributed by atoms with Gasteiger partial charge in [-0.3, -0.25) is 0 Å². The van der Waals surface area contributed by atoms with Crippen LogP contribution < -0.4 is 9.80 Å². The normalized spacial score (nSPS) is 14.6. The number of para-hydroxylation sites is 5. The van der Waals surface area contributed by atoms with Gasteiger partial charge in [0, 0.05) is 60.2 Å². The van der Waals surface area contributed by atoms with Crippen molar-refractivity contribution >= 4 is 111 Å². The van der Waals surface area contributed by atoms with Gasteiger partial charge in [0.25, 0.3) is 0 Å². The third-order valence-electron chi connectivity index (χ3n) is 18.0. The van der Waals surface area contributed by atoms with Crippen molar-refractivity contribution in [2.75, 3.05) is 9.80 Å². The summed E-state index contributed by atoms with van der Waals surface area (Å²) in [6.45, 7) is 0. The van der Waals surface area contributed by atoms with E-state index in [9.17, 15) is 0 Å². The lowest BCUT2D eigenvalue weighted by Crippen LogP contribution is -2.15. The third kappa shape index (κ3) is 7.96. The average molecular weight is 1050 g/mol. The standard InChI is InChI=1S/C76H60N2O3/c1-5-21-49(22-6-1)51-41-45-55(46-42-51)77(66-38-19-36-63-61-34-17-32-57(72(61)80-74(63)66)53-25-9-3-10-26-53)70-59-29-13-14-30-60(59)71(76-69(70)65-31-15-16-40-68(65)79-76)78(56-47-43-52(44-48-56)50-23-7-2-8-24-50)67-39-20-37-64-62-35-18-33-58(73(62)81-75(64)67)54-27-11-4-12-28-54/h3-4,9-20,25-50H,1-2,5-8,21-24H2. The maximum atomic E-state index is 7.52. The van der Waals surface area contributed by atoms with Crippen LogP contribution in [0.5, 0.6) is 0 Å². The van der Waals surface area contributed by atoms with Crippen LogP contribution in [-0.2, 0) is 0 Å². The van der Waals surface area contributed by atoms with Crippen LogP contribution in [0.2, 0.25) is 0 Å². The molecular formula is C76H60N2O3. The number of furan rings is 3. The quantitative estimate of drug-likeness (QED) is 0.128. The van der Waals surface area contributed by atoms with Crippen LogP contribution in [0.1, 0.15) is 87.2 Å². The van der Waals surface area contributed by atoms with Gasteiger partial charge in [0.05, 0.1) is 28.1 Å². The summed E-state index contributed by atoms with van der Waals surface area (Å²) in [4.78, 5) is 4.91. The van der Waals surface area contributed by atoms with Gasteiger partial charge in [-0.2, -0.15) is 0 Å². The van der Waals surface area contributed by atoms with Crippen molar-refractivity contribution in [1.29, 1.82) is 0 Å². The Labute approximate surface area is 471 Å². The van der Waals surface area contributed by atoms with E-state index in [1.165, 1.54) is 75.3 Å². The zero-order valence-corrected chi connectivity index (χ0v) is 45.3. The minimum Gasteiger partial charge on any atom is -0.454 e. The molecule has 2 aliphatic rings. The van der Waals surface area contributed by atoms with Crippen molar-refractivity contribution in [2.24, 2.45) is 0 Å². The van der Waals surface area contributed by atoms with Crippen LogP contribution in [0.15, 0.2) is 244 Å². The van der Waals surface area contributed by atoms with E-state index in [2.05, 4.69) is 240 Å². The van der Waals surface area contributed by atoms with E-state index in [0.717, 1.165) is 133 Å². The lowest BCUT2D eigenvalue weighted by molar-refractivity contribution is 0.443. The highest BCUT2D eigenvalue weighted by atomic mass is 16.3. The second-order valence-corrected chi connectivity index (χ2v) is 22.7. The lowest BCUT2D eigenvalue weighted by Gasteiger charge is -2.32. The summed E-state index contributed by atoms with van der Waals surface area (Å²) in [5.41, 5.74) is 18.1. The highest BCUT2D eigenvalue weighted by Gasteiger charge is 2.33. The van der Waals surface area contributed by atoms with E-state index >= 15 is 0 Å². The van der Waals surface area contributed by atoms with Gasteiger partial charge < -0.3 is 23.1 Å². The summed E-state index contributed by atoms with van der Waals surface area (Å²) in [5.74, 6) is 1.12. The first-order valence-electron chi connectivity index (χ1n) is 29.4. The number of hydrogen-bond donors (Lipinski definition) is 0. The van der Waals surface area contributed by atoms with E-state index < -0.39 is 0 Å². The average Bonchev–Trinajstić information content (AvgIpc) is 4.47. The number of nitrogens with zero attached hydrogens (tertiary/aromatic N) is 2. The van der Waals surface area contributed by atoms with Gasteiger partial charge in [-0.15, -0.1) is 0 Å². The fraction of sp³-hybridized carbons (Fsp3) is 0.158. The molecule has 0 N–H and O–H groups in total. The Morgan fingerprint density at radius 1 is 0.284 bits per heavy atom. The predicted molar refractivity (Wildman–Crippen MR) is 338 cm³/mol. The first-order chi connectivity index (χ1) is 40.2. The third-order valence-corrected chi connectivity index (χ3v) is 18.0. The molecular weight excluding hydrogens is 989 g/mol. The Kier molecular flexibility index (Phi) is 11.6. The topological polar surface area (TPSA) is 45.9 Å². The number of rotatable bonds is 10. The van der Waals surface area contributed by atoms with E-state index in [1.54, 1.807) is 0 Å². The van der Waals surface area contributed by atoms with Crippen LogP contribution >= 0.6 is 0 Å². The summed E-state index contributed by atoms with van der Waals surface area (Å²) < 4.78 is 22.2. The molecule has 0 radical (unpaired) electrons. The van der Waals surface area contributed by atoms with E-state index in [1.807, 2.05) is 0 Å². The van der Waals surface area contributed by atoms with Gasteiger partial charge in [0.1, 0.15) is 16.7 Å².